The Bertz CT molecular complexity index is 718. The second kappa shape index (κ2) is 7.30. The van der Waals surface area contributed by atoms with E-state index >= 15 is 0 Å². The molecule has 0 atom stereocenters. The smallest absolute Gasteiger partial charge is 0.169 e. The molecule has 0 unspecified atom stereocenters. The summed E-state index contributed by atoms with van der Waals surface area (Å²) in [6.07, 6.45) is 0. The van der Waals surface area contributed by atoms with Crippen molar-refractivity contribution in [2.45, 2.75) is 0 Å². The topological polar surface area (TPSA) is 18.5 Å². The number of hydrogen-bond donors (Lipinski definition) is 0. The van der Waals surface area contributed by atoms with Crippen LogP contribution >= 0.6 is 7.92 Å². The predicted octanol–water partition coefficient (Wildman–Crippen LogP) is 3.46. The van der Waals surface area contributed by atoms with Crippen LogP contribution in [0.5, 0.6) is 11.5 Å². The first kappa shape index (κ1) is 15.6. The summed E-state index contributed by atoms with van der Waals surface area (Å²) >= 11 is 0. The van der Waals surface area contributed by atoms with Gasteiger partial charge in [-0.2, -0.15) is 0 Å². The van der Waals surface area contributed by atoms with Crippen molar-refractivity contribution < 1.29 is 9.47 Å². The summed E-state index contributed by atoms with van der Waals surface area (Å²) in [6, 6.07) is 27.2. The monoisotopic (exact) mass is 322 g/mol. The van der Waals surface area contributed by atoms with Crippen molar-refractivity contribution in [3.63, 3.8) is 0 Å². The van der Waals surface area contributed by atoms with Crippen LogP contribution in [0.1, 0.15) is 0 Å². The van der Waals surface area contributed by atoms with E-state index in [9.17, 15) is 0 Å². The highest BCUT2D eigenvalue weighted by atomic mass is 31.1. The fraction of sp³-hybridized carbons (Fsp3) is 0.100. The van der Waals surface area contributed by atoms with Crippen molar-refractivity contribution in [3.8, 4) is 11.5 Å². The fourth-order valence-corrected chi connectivity index (χ4v) is 5.06. The third kappa shape index (κ3) is 3.23. The molecule has 0 bridgehead atoms. The molecular formula is C20H19O2P. The second-order valence-corrected chi connectivity index (χ2v) is 7.20. The highest BCUT2D eigenvalue weighted by Crippen LogP contribution is 2.39. The Kier molecular flexibility index (Phi) is 4.95. The van der Waals surface area contributed by atoms with Crippen molar-refractivity contribution in [2.24, 2.45) is 0 Å². The van der Waals surface area contributed by atoms with Crippen molar-refractivity contribution in [1.82, 2.24) is 0 Å². The zero-order valence-corrected chi connectivity index (χ0v) is 14.2. The largest absolute Gasteiger partial charge is 0.493 e. The number of methoxy groups -OCH3 is 2. The number of rotatable bonds is 5. The lowest BCUT2D eigenvalue weighted by Gasteiger charge is -2.22. The molecule has 3 rings (SSSR count). The van der Waals surface area contributed by atoms with Gasteiger partial charge in [0.25, 0.3) is 0 Å². The SMILES string of the molecule is COc1cccc(P(c2ccccc2)c2ccccc2)c1OC. The highest BCUT2D eigenvalue weighted by molar-refractivity contribution is 7.80. The Morgan fingerprint density at radius 1 is 0.609 bits per heavy atom. The molecule has 23 heavy (non-hydrogen) atoms. The van der Waals surface area contributed by atoms with Gasteiger partial charge >= 0.3 is 0 Å². The van der Waals surface area contributed by atoms with Gasteiger partial charge in [0, 0.05) is 5.30 Å². The van der Waals surface area contributed by atoms with E-state index in [2.05, 4.69) is 54.6 Å². The first-order chi connectivity index (χ1) is 11.3. The van der Waals surface area contributed by atoms with Gasteiger partial charge in [0.05, 0.1) is 14.2 Å². The maximum absolute atomic E-state index is 5.68. The van der Waals surface area contributed by atoms with E-state index in [4.69, 9.17) is 9.47 Å². The molecule has 3 aromatic rings. The summed E-state index contributed by atoms with van der Waals surface area (Å²) < 4.78 is 11.2. The first-order valence-corrected chi connectivity index (χ1v) is 8.80. The molecule has 0 N–H and O–H groups in total. The van der Waals surface area contributed by atoms with Gasteiger partial charge in [-0.1, -0.05) is 66.7 Å². The van der Waals surface area contributed by atoms with Crippen LogP contribution in [0.25, 0.3) is 0 Å². The molecule has 0 spiro atoms. The molecule has 0 amide bonds. The summed E-state index contributed by atoms with van der Waals surface area (Å²) in [4.78, 5) is 0. The Labute approximate surface area is 138 Å². The molecule has 0 saturated heterocycles. The van der Waals surface area contributed by atoms with E-state index in [1.165, 1.54) is 15.9 Å². The van der Waals surface area contributed by atoms with Gasteiger partial charge in [0.15, 0.2) is 11.5 Å². The van der Waals surface area contributed by atoms with Crippen LogP contribution in [0.3, 0.4) is 0 Å². The lowest BCUT2D eigenvalue weighted by molar-refractivity contribution is 0.357. The molecule has 2 nitrogen and oxygen atoms in total. The standard InChI is InChI=1S/C20H19O2P/c1-21-18-14-9-15-19(20(18)22-2)23(16-10-5-3-6-11-16)17-12-7-4-8-13-17/h3-15H,1-2H3. The van der Waals surface area contributed by atoms with Crippen molar-refractivity contribution in [3.05, 3.63) is 78.9 Å². The molecule has 0 saturated carbocycles. The molecule has 0 aromatic heterocycles. The molecule has 0 fully saturated rings. The van der Waals surface area contributed by atoms with E-state index < -0.39 is 7.92 Å². The Balaban J connectivity index is 2.21. The van der Waals surface area contributed by atoms with Crippen LogP contribution in [0.4, 0.5) is 0 Å². The predicted molar refractivity (Wildman–Crippen MR) is 98.3 cm³/mol. The van der Waals surface area contributed by atoms with Crippen LogP contribution in [-0.4, -0.2) is 14.2 Å². The average molecular weight is 322 g/mol. The van der Waals surface area contributed by atoms with Crippen LogP contribution in [0, 0.1) is 0 Å². The van der Waals surface area contributed by atoms with Gasteiger partial charge in [-0.05, 0) is 30.7 Å². The molecule has 0 radical (unpaired) electrons. The molecule has 0 heterocycles. The van der Waals surface area contributed by atoms with Gasteiger partial charge in [-0.3, -0.25) is 0 Å². The summed E-state index contributed by atoms with van der Waals surface area (Å²) in [7, 11) is 2.68. The van der Waals surface area contributed by atoms with E-state index in [-0.39, 0.29) is 0 Å². The van der Waals surface area contributed by atoms with Crippen molar-refractivity contribution >= 4 is 23.8 Å². The molecular weight excluding hydrogens is 303 g/mol. The van der Waals surface area contributed by atoms with Crippen LogP contribution in [-0.2, 0) is 0 Å². The van der Waals surface area contributed by atoms with Crippen molar-refractivity contribution in [1.29, 1.82) is 0 Å². The van der Waals surface area contributed by atoms with Gasteiger partial charge in [0.2, 0.25) is 0 Å². The molecule has 3 aromatic carbocycles. The molecule has 0 aliphatic carbocycles. The molecule has 0 aliphatic rings. The van der Waals surface area contributed by atoms with Gasteiger partial charge < -0.3 is 9.47 Å². The van der Waals surface area contributed by atoms with Gasteiger partial charge in [0.1, 0.15) is 0 Å². The molecule has 3 heteroatoms. The lowest BCUT2D eigenvalue weighted by atomic mass is 10.3. The zero-order chi connectivity index (χ0) is 16.1. The Hall–Kier alpha value is -2.31. The van der Waals surface area contributed by atoms with Gasteiger partial charge in [-0.15, -0.1) is 0 Å². The van der Waals surface area contributed by atoms with E-state index in [1.807, 2.05) is 24.3 Å². The van der Waals surface area contributed by atoms with E-state index in [0.717, 1.165) is 11.5 Å². The zero-order valence-electron chi connectivity index (χ0n) is 13.3. The number of benzene rings is 3. The van der Waals surface area contributed by atoms with Gasteiger partial charge in [-0.25, -0.2) is 0 Å². The normalized spacial score (nSPS) is 10.6. The summed E-state index contributed by atoms with van der Waals surface area (Å²) in [5.74, 6) is 1.58. The van der Waals surface area contributed by atoms with E-state index in [1.54, 1.807) is 14.2 Å². The Morgan fingerprint density at radius 3 is 1.65 bits per heavy atom. The quantitative estimate of drug-likeness (QED) is 0.670. The average Bonchev–Trinajstić information content (AvgIpc) is 2.63. The van der Waals surface area contributed by atoms with Crippen molar-refractivity contribution in [2.75, 3.05) is 14.2 Å². The molecule has 116 valence electrons. The first-order valence-electron chi connectivity index (χ1n) is 7.46. The number of ether oxygens (including phenoxy) is 2. The summed E-state index contributed by atoms with van der Waals surface area (Å²) in [5.41, 5.74) is 0. The van der Waals surface area contributed by atoms with E-state index in [0.29, 0.717) is 0 Å². The van der Waals surface area contributed by atoms with Crippen LogP contribution < -0.4 is 25.4 Å². The Morgan fingerprint density at radius 2 is 1.17 bits per heavy atom. The third-order valence-corrected chi connectivity index (χ3v) is 6.11. The van der Waals surface area contributed by atoms with Crippen LogP contribution in [0.15, 0.2) is 78.9 Å². The number of hydrogen-bond acceptors (Lipinski definition) is 2. The minimum Gasteiger partial charge on any atom is -0.493 e. The van der Waals surface area contributed by atoms with Crippen LogP contribution in [0.2, 0.25) is 0 Å². The second-order valence-electron chi connectivity index (χ2n) is 5.02. The highest BCUT2D eigenvalue weighted by Gasteiger charge is 2.22. The lowest BCUT2D eigenvalue weighted by Crippen LogP contribution is -2.22. The minimum atomic E-state index is -0.700. The summed E-state index contributed by atoms with van der Waals surface area (Å²) in [6.45, 7) is 0. The minimum absolute atomic E-state index is 0.700. The molecule has 0 aliphatic heterocycles. The number of para-hydroxylation sites is 1. The third-order valence-electron chi connectivity index (χ3n) is 3.65. The maximum Gasteiger partial charge on any atom is 0.169 e. The fourth-order valence-electron chi connectivity index (χ4n) is 2.63. The maximum atomic E-state index is 5.68. The summed E-state index contributed by atoms with van der Waals surface area (Å²) in [5, 5.41) is 3.75.